The van der Waals surface area contributed by atoms with Crippen LogP contribution in [0.1, 0.15) is 17.3 Å². The Kier molecular flexibility index (Phi) is 3.57. The molecule has 0 aliphatic carbocycles. The number of hydrogen-bond donors (Lipinski definition) is 0. The SMILES string of the molecule is CC(=O)c1ccccc1N(C)CC(F)(F)F. The Bertz CT molecular complexity index is 387. The van der Waals surface area contributed by atoms with Gasteiger partial charge in [0.15, 0.2) is 5.78 Å². The van der Waals surface area contributed by atoms with Crippen molar-refractivity contribution in [1.82, 2.24) is 0 Å². The average molecular weight is 231 g/mol. The summed E-state index contributed by atoms with van der Waals surface area (Å²) in [6, 6.07) is 6.25. The largest absolute Gasteiger partial charge is 0.405 e. The van der Waals surface area contributed by atoms with Gasteiger partial charge >= 0.3 is 6.18 Å². The molecule has 1 rings (SSSR count). The van der Waals surface area contributed by atoms with Gasteiger partial charge < -0.3 is 4.90 Å². The van der Waals surface area contributed by atoms with Crippen molar-refractivity contribution in [1.29, 1.82) is 0 Å². The Morgan fingerprint density at radius 1 is 1.31 bits per heavy atom. The molecule has 0 heterocycles. The molecule has 88 valence electrons. The van der Waals surface area contributed by atoms with Crippen LogP contribution in [-0.2, 0) is 0 Å². The molecule has 0 bridgehead atoms. The maximum atomic E-state index is 12.2. The number of Topliss-reactive ketones (excluding diaryl/α,β-unsaturated/α-hetero) is 1. The average Bonchev–Trinajstić information content (AvgIpc) is 2.15. The van der Waals surface area contributed by atoms with Gasteiger partial charge in [-0.25, -0.2) is 0 Å². The van der Waals surface area contributed by atoms with E-state index in [4.69, 9.17) is 0 Å². The highest BCUT2D eigenvalue weighted by molar-refractivity contribution is 5.99. The Hall–Kier alpha value is -1.52. The van der Waals surface area contributed by atoms with Crippen molar-refractivity contribution in [2.75, 3.05) is 18.5 Å². The highest BCUT2D eigenvalue weighted by atomic mass is 19.4. The fourth-order valence-electron chi connectivity index (χ4n) is 1.46. The predicted molar refractivity (Wildman–Crippen MR) is 55.8 cm³/mol. The van der Waals surface area contributed by atoms with E-state index in [2.05, 4.69) is 0 Å². The standard InChI is InChI=1S/C11H12F3NO/c1-8(16)9-5-3-4-6-10(9)15(2)7-11(12,13)14/h3-6H,7H2,1-2H3. The zero-order chi connectivity index (χ0) is 12.3. The monoisotopic (exact) mass is 231 g/mol. The van der Waals surface area contributed by atoms with Crippen LogP contribution in [0, 0.1) is 0 Å². The summed E-state index contributed by atoms with van der Waals surface area (Å²) in [5.41, 5.74) is 0.599. The van der Waals surface area contributed by atoms with Crippen molar-refractivity contribution in [3.8, 4) is 0 Å². The fraction of sp³-hybridized carbons (Fsp3) is 0.364. The van der Waals surface area contributed by atoms with Gasteiger partial charge in [0.25, 0.3) is 0 Å². The van der Waals surface area contributed by atoms with Crippen LogP contribution in [0.2, 0.25) is 0 Å². The number of hydrogen-bond acceptors (Lipinski definition) is 2. The second-order valence-corrected chi connectivity index (χ2v) is 3.54. The van der Waals surface area contributed by atoms with E-state index in [0.717, 1.165) is 4.90 Å². The van der Waals surface area contributed by atoms with Crippen LogP contribution in [-0.4, -0.2) is 25.6 Å². The fourth-order valence-corrected chi connectivity index (χ4v) is 1.46. The van der Waals surface area contributed by atoms with Crippen molar-refractivity contribution >= 4 is 11.5 Å². The van der Waals surface area contributed by atoms with Gasteiger partial charge in [-0.1, -0.05) is 12.1 Å². The molecule has 5 heteroatoms. The molecule has 0 N–H and O–H groups in total. The number of para-hydroxylation sites is 1. The Balaban J connectivity index is 2.99. The minimum absolute atomic E-state index is 0.246. The maximum Gasteiger partial charge on any atom is 0.405 e. The molecular weight excluding hydrogens is 219 g/mol. The Labute approximate surface area is 91.7 Å². The van der Waals surface area contributed by atoms with Crippen molar-refractivity contribution in [3.05, 3.63) is 29.8 Å². The number of ketones is 1. The van der Waals surface area contributed by atoms with Gasteiger partial charge in [0.2, 0.25) is 0 Å². The molecule has 1 aromatic carbocycles. The summed E-state index contributed by atoms with van der Waals surface area (Å²) >= 11 is 0. The molecule has 0 saturated carbocycles. The van der Waals surface area contributed by atoms with Crippen molar-refractivity contribution in [3.63, 3.8) is 0 Å². The normalized spacial score (nSPS) is 11.3. The summed E-state index contributed by atoms with van der Waals surface area (Å²) in [5.74, 6) is -0.246. The third-order valence-corrected chi connectivity index (χ3v) is 2.11. The number of nitrogens with zero attached hydrogens (tertiary/aromatic N) is 1. The van der Waals surface area contributed by atoms with E-state index in [1.165, 1.54) is 26.1 Å². The predicted octanol–water partition coefficient (Wildman–Crippen LogP) is 2.89. The third kappa shape index (κ3) is 3.25. The first-order valence-electron chi connectivity index (χ1n) is 4.69. The van der Waals surface area contributed by atoms with E-state index in [-0.39, 0.29) is 5.78 Å². The van der Waals surface area contributed by atoms with E-state index in [1.807, 2.05) is 0 Å². The molecule has 0 unspecified atom stereocenters. The van der Waals surface area contributed by atoms with Crippen LogP contribution in [0.25, 0.3) is 0 Å². The highest BCUT2D eigenvalue weighted by Crippen LogP contribution is 2.24. The molecule has 16 heavy (non-hydrogen) atoms. The lowest BCUT2D eigenvalue weighted by Crippen LogP contribution is -2.31. The zero-order valence-electron chi connectivity index (χ0n) is 9.01. The minimum atomic E-state index is -4.28. The van der Waals surface area contributed by atoms with Crippen molar-refractivity contribution in [2.45, 2.75) is 13.1 Å². The molecule has 0 aliphatic rings. The van der Waals surface area contributed by atoms with Crippen LogP contribution >= 0.6 is 0 Å². The summed E-state index contributed by atoms with van der Waals surface area (Å²) < 4.78 is 36.6. The van der Waals surface area contributed by atoms with E-state index >= 15 is 0 Å². The first-order chi connectivity index (χ1) is 7.31. The van der Waals surface area contributed by atoms with Crippen LogP contribution in [0.15, 0.2) is 24.3 Å². The number of halogens is 3. The molecular formula is C11H12F3NO. The van der Waals surface area contributed by atoms with Crippen LogP contribution < -0.4 is 4.90 Å². The highest BCUT2D eigenvalue weighted by Gasteiger charge is 2.30. The molecule has 2 nitrogen and oxygen atoms in total. The summed E-state index contributed by atoms with van der Waals surface area (Å²) in [5, 5.41) is 0. The number of alkyl halides is 3. The van der Waals surface area contributed by atoms with Gasteiger partial charge in [-0.3, -0.25) is 4.79 Å². The summed E-state index contributed by atoms with van der Waals surface area (Å²) in [6.07, 6.45) is -4.28. The maximum absolute atomic E-state index is 12.2. The summed E-state index contributed by atoms with van der Waals surface area (Å²) in [6.45, 7) is 0.261. The van der Waals surface area contributed by atoms with Gasteiger partial charge in [-0.15, -0.1) is 0 Å². The molecule has 0 fully saturated rings. The summed E-state index contributed by atoms with van der Waals surface area (Å²) in [7, 11) is 1.31. The molecule has 0 amide bonds. The first kappa shape index (κ1) is 12.5. The quantitative estimate of drug-likeness (QED) is 0.745. The zero-order valence-corrected chi connectivity index (χ0v) is 9.01. The third-order valence-electron chi connectivity index (χ3n) is 2.11. The number of anilines is 1. The molecule has 0 aliphatic heterocycles. The summed E-state index contributed by atoms with van der Waals surface area (Å²) in [4.78, 5) is 12.3. The second kappa shape index (κ2) is 4.55. The number of carbonyl (C=O) groups excluding carboxylic acids is 1. The molecule has 0 atom stereocenters. The van der Waals surface area contributed by atoms with E-state index in [0.29, 0.717) is 11.3 Å². The molecule has 0 radical (unpaired) electrons. The smallest absolute Gasteiger partial charge is 0.365 e. The van der Waals surface area contributed by atoms with Gasteiger partial charge in [-0.05, 0) is 19.1 Å². The number of carbonyl (C=O) groups is 1. The van der Waals surface area contributed by atoms with Crippen molar-refractivity contribution in [2.24, 2.45) is 0 Å². The van der Waals surface area contributed by atoms with Crippen LogP contribution in [0.5, 0.6) is 0 Å². The van der Waals surface area contributed by atoms with E-state index < -0.39 is 12.7 Å². The van der Waals surface area contributed by atoms with Gasteiger partial charge in [0, 0.05) is 18.3 Å². The topological polar surface area (TPSA) is 20.3 Å². The molecule has 0 saturated heterocycles. The molecule has 0 aromatic heterocycles. The Morgan fingerprint density at radius 2 is 1.88 bits per heavy atom. The van der Waals surface area contributed by atoms with Gasteiger partial charge in [0.05, 0.1) is 0 Å². The second-order valence-electron chi connectivity index (χ2n) is 3.54. The van der Waals surface area contributed by atoms with Crippen LogP contribution in [0.4, 0.5) is 18.9 Å². The minimum Gasteiger partial charge on any atom is -0.365 e. The molecule has 0 spiro atoms. The van der Waals surface area contributed by atoms with Crippen LogP contribution in [0.3, 0.4) is 0 Å². The van der Waals surface area contributed by atoms with E-state index in [1.54, 1.807) is 12.1 Å². The number of benzene rings is 1. The number of rotatable bonds is 3. The lowest BCUT2D eigenvalue weighted by atomic mass is 10.1. The van der Waals surface area contributed by atoms with Gasteiger partial charge in [0.1, 0.15) is 6.54 Å². The van der Waals surface area contributed by atoms with Crippen molar-refractivity contribution < 1.29 is 18.0 Å². The molecule has 1 aromatic rings. The first-order valence-corrected chi connectivity index (χ1v) is 4.69. The lowest BCUT2D eigenvalue weighted by molar-refractivity contribution is -0.119. The van der Waals surface area contributed by atoms with E-state index in [9.17, 15) is 18.0 Å². The Morgan fingerprint density at radius 3 is 2.38 bits per heavy atom. The van der Waals surface area contributed by atoms with Gasteiger partial charge in [-0.2, -0.15) is 13.2 Å². The lowest BCUT2D eigenvalue weighted by Gasteiger charge is -2.22.